The maximum Gasteiger partial charge on any atom is 0.236 e. The summed E-state index contributed by atoms with van der Waals surface area (Å²) in [6, 6.07) is 7.85. The van der Waals surface area contributed by atoms with Crippen LogP contribution in [0.3, 0.4) is 0 Å². The Morgan fingerprint density at radius 2 is 2.07 bits per heavy atom. The van der Waals surface area contributed by atoms with Crippen LogP contribution in [-0.2, 0) is 10.2 Å². The van der Waals surface area contributed by atoms with E-state index in [0.29, 0.717) is 16.2 Å². The van der Waals surface area contributed by atoms with E-state index < -0.39 is 0 Å². The van der Waals surface area contributed by atoms with E-state index in [-0.39, 0.29) is 22.5 Å². The maximum absolute atomic E-state index is 12.3. The average molecular weight is 412 g/mol. The van der Waals surface area contributed by atoms with Gasteiger partial charge in [-0.05, 0) is 30.4 Å². The fourth-order valence-electron chi connectivity index (χ4n) is 4.63. The van der Waals surface area contributed by atoms with Crippen LogP contribution in [0.15, 0.2) is 29.4 Å². The van der Waals surface area contributed by atoms with Crippen LogP contribution >= 0.6 is 23.1 Å². The van der Waals surface area contributed by atoms with Crippen molar-refractivity contribution in [2.24, 2.45) is 5.41 Å². The van der Waals surface area contributed by atoms with Crippen molar-refractivity contribution in [3.8, 4) is 0 Å². The van der Waals surface area contributed by atoms with Gasteiger partial charge in [0, 0.05) is 11.3 Å². The molecule has 2 aliphatic carbocycles. The highest BCUT2D eigenvalue weighted by Crippen LogP contribution is 2.66. The number of hydrogen-bond donors (Lipinski definition) is 1. The molecule has 5 rings (SSSR count). The molecule has 2 bridgehead atoms. The van der Waals surface area contributed by atoms with Gasteiger partial charge in [-0.3, -0.25) is 4.79 Å². The second kappa shape index (κ2) is 6.22. The minimum Gasteiger partial charge on any atom is -0.301 e. The number of nitrogens with one attached hydrogen (secondary N) is 1. The molecule has 0 unspecified atom stereocenters. The maximum atomic E-state index is 12.3. The Morgan fingerprint density at radius 1 is 1.25 bits per heavy atom. The van der Waals surface area contributed by atoms with Crippen LogP contribution in [0.2, 0.25) is 0 Å². The van der Waals surface area contributed by atoms with Crippen LogP contribution in [-0.4, -0.2) is 31.8 Å². The van der Waals surface area contributed by atoms with Gasteiger partial charge in [0.15, 0.2) is 5.13 Å². The van der Waals surface area contributed by atoms with E-state index in [4.69, 9.17) is 4.98 Å². The number of thioether (sulfide) groups is 1. The predicted molar refractivity (Wildman–Crippen MR) is 112 cm³/mol. The molecule has 144 valence electrons. The molecule has 2 aliphatic rings. The van der Waals surface area contributed by atoms with Crippen molar-refractivity contribution in [1.82, 2.24) is 20.2 Å². The van der Waals surface area contributed by atoms with E-state index in [1.807, 2.05) is 24.3 Å². The van der Waals surface area contributed by atoms with Crippen molar-refractivity contribution >= 4 is 44.4 Å². The largest absolute Gasteiger partial charge is 0.301 e. The number of nitrogens with zero attached hydrogens (tertiary/aromatic N) is 4. The first-order valence-electron chi connectivity index (χ1n) is 9.42. The number of anilines is 1. The molecule has 0 aliphatic heterocycles. The lowest BCUT2D eigenvalue weighted by Crippen LogP contribution is -2.32. The molecule has 28 heavy (non-hydrogen) atoms. The summed E-state index contributed by atoms with van der Waals surface area (Å²) in [5.41, 5.74) is 3.24. The summed E-state index contributed by atoms with van der Waals surface area (Å²) in [5, 5.41) is 12.8. The van der Waals surface area contributed by atoms with E-state index in [2.05, 4.69) is 41.3 Å². The van der Waals surface area contributed by atoms with Gasteiger partial charge in [-0.2, -0.15) is 5.10 Å². The Balaban J connectivity index is 1.28. The van der Waals surface area contributed by atoms with Crippen LogP contribution in [0, 0.1) is 5.41 Å². The minimum atomic E-state index is -0.110. The van der Waals surface area contributed by atoms with Crippen molar-refractivity contribution < 1.29 is 4.79 Å². The van der Waals surface area contributed by atoms with E-state index >= 15 is 0 Å². The van der Waals surface area contributed by atoms with Crippen LogP contribution in [0.4, 0.5) is 5.13 Å². The summed E-state index contributed by atoms with van der Waals surface area (Å²) in [6.45, 7) is 6.92. The highest BCUT2D eigenvalue weighted by Gasteiger charge is 2.61. The molecule has 2 heterocycles. The number of thiazole rings is 1. The molecule has 1 aromatic carbocycles. The molecule has 2 aromatic heterocycles. The van der Waals surface area contributed by atoms with Gasteiger partial charge in [0.05, 0.1) is 27.4 Å². The van der Waals surface area contributed by atoms with Gasteiger partial charge >= 0.3 is 0 Å². The topological polar surface area (TPSA) is 80.7 Å². The van der Waals surface area contributed by atoms with Gasteiger partial charge in [0.1, 0.15) is 0 Å². The number of rotatable bonds is 4. The molecule has 0 radical (unpaired) electrons. The van der Waals surface area contributed by atoms with Gasteiger partial charge in [-0.25, -0.2) is 9.97 Å². The summed E-state index contributed by atoms with van der Waals surface area (Å²) in [5.74, 6) is 0.565. The fraction of sp³-hybridized carbons (Fsp3) is 0.450. The standard InChI is InChI=1S/C20H21N5OS2/c1-19(2)11-8-9-20(19,3)16-15(11)24-25-18(23-16)27-10-14(26)22-17-21-12-6-4-5-7-13(12)28-17/h4-7,11H,8-10H2,1-3H3,(H,21,22,26)/t11-,20-/m1/s1. The Bertz CT molecular complexity index is 1060. The molecule has 1 saturated carbocycles. The molecular weight excluding hydrogens is 390 g/mol. The van der Waals surface area contributed by atoms with Gasteiger partial charge in [0.2, 0.25) is 11.1 Å². The molecule has 1 amide bonds. The number of para-hydroxylation sites is 1. The van der Waals surface area contributed by atoms with Crippen molar-refractivity contribution in [3.63, 3.8) is 0 Å². The number of carbonyl (C=O) groups is 1. The summed E-state index contributed by atoms with van der Waals surface area (Å²) in [6.07, 6.45) is 2.29. The van der Waals surface area contributed by atoms with Crippen LogP contribution in [0.1, 0.15) is 50.9 Å². The Morgan fingerprint density at radius 3 is 2.89 bits per heavy atom. The zero-order valence-electron chi connectivity index (χ0n) is 16.0. The van der Waals surface area contributed by atoms with Gasteiger partial charge in [-0.15, -0.1) is 5.10 Å². The lowest BCUT2D eigenvalue weighted by Gasteiger charge is -2.33. The fourth-order valence-corrected chi connectivity index (χ4v) is 6.10. The highest BCUT2D eigenvalue weighted by molar-refractivity contribution is 7.99. The molecule has 1 N–H and O–H groups in total. The second-order valence-electron chi connectivity index (χ2n) is 8.30. The Hall–Kier alpha value is -2.06. The molecule has 2 atom stereocenters. The number of aromatic nitrogens is 4. The number of benzene rings is 1. The molecule has 0 saturated heterocycles. The molecule has 8 heteroatoms. The number of amides is 1. The first-order chi connectivity index (χ1) is 13.4. The first-order valence-corrected chi connectivity index (χ1v) is 11.2. The average Bonchev–Trinajstić information content (AvgIpc) is 3.23. The molecule has 0 spiro atoms. The third-order valence-electron chi connectivity index (χ3n) is 6.64. The summed E-state index contributed by atoms with van der Waals surface area (Å²) in [7, 11) is 0. The monoisotopic (exact) mass is 411 g/mol. The minimum absolute atomic E-state index is 0.0432. The predicted octanol–water partition coefficient (Wildman–Crippen LogP) is 4.39. The molecule has 1 fully saturated rings. The third kappa shape index (κ3) is 2.58. The Labute approximate surface area is 171 Å². The van der Waals surface area contributed by atoms with Crippen molar-refractivity contribution in [2.75, 3.05) is 11.1 Å². The van der Waals surface area contributed by atoms with Crippen LogP contribution < -0.4 is 5.32 Å². The van der Waals surface area contributed by atoms with Gasteiger partial charge in [-0.1, -0.05) is 56.0 Å². The quantitative estimate of drug-likeness (QED) is 0.642. The molecule has 6 nitrogen and oxygen atoms in total. The van der Waals surface area contributed by atoms with E-state index in [1.165, 1.54) is 23.1 Å². The summed E-state index contributed by atoms with van der Waals surface area (Å²) >= 11 is 2.80. The van der Waals surface area contributed by atoms with E-state index in [0.717, 1.165) is 34.4 Å². The normalized spacial score (nSPS) is 24.5. The van der Waals surface area contributed by atoms with Crippen LogP contribution in [0.25, 0.3) is 10.2 Å². The van der Waals surface area contributed by atoms with E-state index in [1.54, 1.807) is 0 Å². The summed E-state index contributed by atoms with van der Waals surface area (Å²) < 4.78 is 1.06. The van der Waals surface area contributed by atoms with E-state index in [9.17, 15) is 4.79 Å². The lowest BCUT2D eigenvalue weighted by molar-refractivity contribution is -0.113. The highest BCUT2D eigenvalue weighted by atomic mass is 32.2. The second-order valence-corrected chi connectivity index (χ2v) is 10.3. The van der Waals surface area contributed by atoms with Crippen molar-refractivity contribution in [2.45, 2.75) is 50.1 Å². The SMILES string of the molecule is CC1(C)[C@@H]2CC[C@]1(C)c1nc(SCC(=O)Nc3nc4ccccc4s3)nnc12. The van der Waals surface area contributed by atoms with Gasteiger partial charge in [0.25, 0.3) is 0 Å². The Kier molecular flexibility index (Phi) is 4.00. The van der Waals surface area contributed by atoms with Gasteiger partial charge < -0.3 is 5.32 Å². The van der Waals surface area contributed by atoms with Crippen molar-refractivity contribution in [1.29, 1.82) is 0 Å². The van der Waals surface area contributed by atoms with Crippen LogP contribution in [0.5, 0.6) is 0 Å². The number of hydrogen-bond acceptors (Lipinski definition) is 7. The lowest BCUT2D eigenvalue weighted by atomic mass is 9.70. The first kappa shape index (κ1) is 18.0. The molecule has 3 aromatic rings. The third-order valence-corrected chi connectivity index (χ3v) is 8.43. The number of fused-ring (bicyclic) bond motifs is 6. The smallest absolute Gasteiger partial charge is 0.236 e. The zero-order valence-corrected chi connectivity index (χ0v) is 17.7. The number of carbonyl (C=O) groups excluding carboxylic acids is 1. The molecular formula is C20H21N5OS2. The summed E-state index contributed by atoms with van der Waals surface area (Å²) in [4.78, 5) is 21.6. The zero-order chi connectivity index (χ0) is 19.5. The van der Waals surface area contributed by atoms with Crippen molar-refractivity contribution in [3.05, 3.63) is 35.7 Å².